The van der Waals surface area contributed by atoms with Gasteiger partial charge in [-0.1, -0.05) is 31.5 Å². The molecule has 1 aliphatic heterocycles. The summed E-state index contributed by atoms with van der Waals surface area (Å²) in [7, 11) is 0. The fourth-order valence-corrected chi connectivity index (χ4v) is 2.70. The van der Waals surface area contributed by atoms with Crippen molar-refractivity contribution in [3.63, 3.8) is 0 Å². The largest absolute Gasteiger partial charge is 0.389 e. The SMILES string of the molecule is CC(C)C1CC(O)(Cc2ccc(Cl)cc2F)CCO1. The molecule has 1 heterocycles. The average Bonchev–Trinajstić information content (AvgIpc) is 2.33. The third-order valence-electron chi connectivity index (χ3n) is 3.76. The van der Waals surface area contributed by atoms with Gasteiger partial charge in [-0.2, -0.15) is 0 Å². The summed E-state index contributed by atoms with van der Waals surface area (Å²) in [4.78, 5) is 0. The Morgan fingerprint density at radius 2 is 2.26 bits per heavy atom. The zero-order valence-electron chi connectivity index (χ0n) is 11.3. The van der Waals surface area contributed by atoms with E-state index >= 15 is 0 Å². The van der Waals surface area contributed by atoms with Crippen LogP contribution in [0.15, 0.2) is 18.2 Å². The van der Waals surface area contributed by atoms with Gasteiger partial charge in [-0.3, -0.25) is 0 Å². The molecule has 1 saturated heterocycles. The highest BCUT2D eigenvalue weighted by Crippen LogP contribution is 2.32. The van der Waals surface area contributed by atoms with Gasteiger partial charge in [0.15, 0.2) is 0 Å². The summed E-state index contributed by atoms with van der Waals surface area (Å²) < 4.78 is 19.5. The number of hydrogen-bond donors (Lipinski definition) is 1. The molecule has 1 fully saturated rings. The highest BCUT2D eigenvalue weighted by molar-refractivity contribution is 6.30. The van der Waals surface area contributed by atoms with Gasteiger partial charge in [0.25, 0.3) is 0 Å². The van der Waals surface area contributed by atoms with E-state index in [0.29, 0.717) is 42.4 Å². The Morgan fingerprint density at radius 3 is 2.89 bits per heavy atom. The summed E-state index contributed by atoms with van der Waals surface area (Å²) in [6.45, 7) is 4.66. The lowest BCUT2D eigenvalue weighted by molar-refractivity contribution is -0.116. The minimum atomic E-state index is -0.887. The summed E-state index contributed by atoms with van der Waals surface area (Å²) in [5.41, 5.74) is -0.377. The summed E-state index contributed by atoms with van der Waals surface area (Å²) in [6.07, 6.45) is 1.43. The lowest BCUT2D eigenvalue weighted by atomic mass is 9.82. The van der Waals surface area contributed by atoms with E-state index in [0.717, 1.165) is 0 Å². The fourth-order valence-electron chi connectivity index (χ4n) is 2.54. The maximum Gasteiger partial charge on any atom is 0.127 e. The Morgan fingerprint density at radius 1 is 1.53 bits per heavy atom. The van der Waals surface area contributed by atoms with Gasteiger partial charge >= 0.3 is 0 Å². The molecule has 0 amide bonds. The fraction of sp³-hybridized carbons (Fsp3) is 0.600. The second kappa shape index (κ2) is 5.78. The predicted molar refractivity (Wildman–Crippen MR) is 73.9 cm³/mol. The van der Waals surface area contributed by atoms with Crippen LogP contribution in [0.25, 0.3) is 0 Å². The lowest BCUT2D eigenvalue weighted by Gasteiger charge is -2.38. The van der Waals surface area contributed by atoms with Crippen LogP contribution >= 0.6 is 11.6 Å². The molecule has 0 bridgehead atoms. The van der Waals surface area contributed by atoms with Crippen molar-refractivity contribution in [1.82, 2.24) is 0 Å². The van der Waals surface area contributed by atoms with Crippen molar-refractivity contribution in [2.75, 3.05) is 6.61 Å². The smallest absolute Gasteiger partial charge is 0.127 e. The summed E-state index contributed by atoms with van der Waals surface area (Å²) in [5.74, 6) is -0.00426. The van der Waals surface area contributed by atoms with Gasteiger partial charge < -0.3 is 9.84 Å². The van der Waals surface area contributed by atoms with Crippen LogP contribution in [-0.2, 0) is 11.2 Å². The maximum atomic E-state index is 13.8. The first kappa shape index (κ1) is 14.8. The molecule has 2 atom stereocenters. The van der Waals surface area contributed by atoms with Crippen molar-refractivity contribution >= 4 is 11.6 Å². The first-order valence-electron chi connectivity index (χ1n) is 6.67. The van der Waals surface area contributed by atoms with Gasteiger partial charge in [-0.05, 0) is 30.0 Å². The minimum Gasteiger partial charge on any atom is -0.389 e. The van der Waals surface area contributed by atoms with Crippen LogP contribution in [0, 0.1) is 11.7 Å². The van der Waals surface area contributed by atoms with Crippen molar-refractivity contribution in [2.24, 2.45) is 5.92 Å². The second-order valence-corrected chi connectivity index (χ2v) is 6.18. The molecule has 2 rings (SSSR count). The molecule has 1 aliphatic rings. The first-order valence-corrected chi connectivity index (χ1v) is 7.05. The van der Waals surface area contributed by atoms with Gasteiger partial charge in [0.05, 0.1) is 11.7 Å². The van der Waals surface area contributed by atoms with Crippen LogP contribution in [0.1, 0.15) is 32.3 Å². The molecule has 2 nitrogen and oxygen atoms in total. The van der Waals surface area contributed by atoms with Gasteiger partial charge in [0.2, 0.25) is 0 Å². The Labute approximate surface area is 118 Å². The highest BCUT2D eigenvalue weighted by Gasteiger charge is 2.36. The Bertz CT molecular complexity index is 450. The number of benzene rings is 1. The number of hydrogen-bond acceptors (Lipinski definition) is 2. The molecule has 1 aromatic rings. The normalized spacial score (nSPS) is 27.8. The van der Waals surface area contributed by atoms with Gasteiger partial charge in [-0.25, -0.2) is 4.39 Å². The quantitative estimate of drug-likeness (QED) is 0.920. The van der Waals surface area contributed by atoms with E-state index in [4.69, 9.17) is 16.3 Å². The molecule has 2 unspecified atom stereocenters. The van der Waals surface area contributed by atoms with Crippen molar-refractivity contribution in [2.45, 2.75) is 44.8 Å². The van der Waals surface area contributed by atoms with Gasteiger partial charge in [0, 0.05) is 24.5 Å². The summed E-state index contributed by atoms with van der Waals surface area (Å²) in [6, 6.07) is 4.59. The van der Waals surface area contributed by atoms with Gasteiger partial charge in [0.1, 0.15) is 5.82 Å². The van der Waals surface area contributed by atoms with Crippen LogP contribution in [0.2, 0.25) is 5.02 Å². The highest BCUT2D eigenvalue weighted by atomic mass is 35.5. The molecule has 0 aromatic heterocycles. The van der Waals surface area contributed by atoms with E-state index in [9.17, 15) is 9.50 Å². The van der Waals surface area contributed by atoms with Crippen molar-refractivity contribution in [3.8, 4) is 0 Å². The van der Waals surface area contributed by atoms with Crippen molar-refractivity contribution in [3.05, 3.63) is 34.6 Å². The number of halogens is 2. The Hall–Kier alpha value is -0.640. The van der Waals surface area contributed by atoms with E-state index < -0.39 is 5.60 Å². The average molecular weight is 287 g/mol. The van der Waals surface area contributed by atoms with E-state index in [1.165, 1.54) is 6.07 Å². The molecular formula is C15H20ClFO2. The first-order chi connectivity index (χ1) is 8.89. The second-order valence-electron chi connectivity index (χ2n) is 5.74. The molecule has 1 aromatic carbocycles. The Kier molecular flexibility index (Phi) is 4.49. The third kappa shape index (κ3) is 3.68. The lowest BCUT2D eigenvalue weighted by Crippen LogP contribution is -2.44. The monoisotopic (exact) mass is 286 g/mol. The molecule has 106 valence electrons. The predicted octanol–water partition coefficient (Wildman–Crippen LogP) is 3.59. The van der Waals surface area contributed by atoms with E-state index in [2.05, 4.69) is 13.8 Å². The summed E-state index contributed by atoms with van der Waals surface area (Å²) in [5, 5.41) is 11.0. The van der Waals surface area contributed by atoms with E-state index in [-0.39, 0.29) is 11.9 Å². The molecule has 0 aliphatic carbocycles. The number of ether oxygens (including phenoxy) is 1. The molecular weight excluding hydrogens is 267 g/mol. The number of aliphatic hydroxyl groups is 1. The standard InChI is InChI=1S/C15H20ClFO2/c1-10(2)14-9-15(18,5-6-19-14)8-11-3-4-12(16)7-13(11)17/h3-4,7,10,14,18H,5-6,8-9H2,1-2H3. The van der Waals surface area contributed by atoms with Crippen molar-refractivity contribution in [1.29, 1.82) is 0 Å². The topological polar surface area (TPSA) is 29.5 Å². The van der Waals surface area contributed by atoms with Crippen LogP contribution in [0.3, 0.4) is 0 Å². The zero-order chi connectivity index (χ0) is 14.0. The molecule has 0 spiro atoms. The van der Waals surface area contributed by atoms with Gasteiger partial charge in [-0.15, -0.1) is 0 Å². The Balaban J connectivity index is 2.12. The van der Waals surface area contributed by atoms with Crippen LogP contribution in [-0.4, -0.2) is 23.4 Å². The third-order valence-corrected chi connectivity index (χ3v) is 3.99. The summed E-state index contributed by atoms with van der Waals surface area (Å²) >= 11 is 5.74. The molecule has 0 radical (unpaired) electrons. The molecule has 1 N–H and O–H groups in total. The zero-order valence-corrected chi connectivity index (χ0v) is 12.1. The van der Waals surface area contributed by atoms with Crippen molar-refractivity contribution < 1.29 is 14.2 Å². The molecule has 19 heavy (non-hydrogen) atoms. The van der Waals surface area contributed by atoms with E-state index in [1.807, 2.05) is 0 Å². The van der Waals surface area contributed by atoms with Crippen LogP contribution in [0.4, 0.5) is 4.39 Å². The number of rotatable bonds is 3. The van der Waals surface area contributed by atoms with Crippen LogP contribution < -0.4 is 0 Å². The van der Waals surface area contributed by atoms with E-state index in [1.54, 1.807) is 12.1 Å². The van der Waals surface area contributed by atoms with Crippen LogP contribution in [0.5, 0.6) is 0 Å². The molecule has 0 saturated carbocycles. The minimum absolute atomic E-state index is 0.0362. The maximum absolute atomic E-state index is 13.8. The molecule has 4 heteroatoms.